The van der Waals surface area contributed by atoms with Gasteiger partial charge in [-0.3, -0.25) is 4.90 Å². The number of methoxy groups -OCH3 is 1. The van der Waals surface area contributed by atoms with E-state index in [-0.39, 0.29) is 0 Å². The lowest BCUT2D eigenvalue weighted by Crippen LogP contribution is -2.23. The van der Waals surface area contributed by atoms with E-state index in [2.05, 4.69) is 10.1 Å². The number of hydrogen-bond acceptors (Lipinski definition) is 5. The molecule has 1 heterocycles. The van der Waals surface area contributed by atoms with Crippen LogP contribution in [-0.2, 0) is 6.54 Å². The normalized spacial score (nSPS) is 10.8. The number of aromatic nitrogens is 1. The van der Waals surface area contributed by atoms with Crippen LogP contribution in [0.1, 0.15) is 5.76 Å². The van der Waals surface area contributed by atoms with E-state index in [4.69, 9.17) is 14.0 Å². The van der Waals surface area contributed by atoms with Crippen LogP contribution in [0.25, 0.3) is 11.3 Å². The number of rotatable bonds is 8. The lowest BCUT2D eigenvalue weighted by atomic mass is 10.1. The fourth-order valence-corrected chi connectivity index (χ4v) is 2.47. The summed E-state index contributed by atoms with van der Waals surface area (Å²) in [7, 11) is 3.68. The van der Waals surface area contributed by atoms with Crippen molar-refractivity contribution in [1.29, 1.82) is 0 Å². The average molecular weight is 338 g/mol. The van der Waals surface area contributed by atoms with E-state index in [0.717, 1.165) is 35.1 Å². The SMILES string of the molecule is COc1ccc(OCCN(C)Cc2cc(-c3ccccc3)no2)cc1. The van der Waals surface area contributed by atoms with Gasteiger partial charge in [-0.05, 0) is 31.3 Å². The van der Waals surface area contributed by atoms with Crippen LogP contribution in [0.2, 0.25) is 0 Å². The first-order valence-electron chi connectivity index (χ1n) is 8.21. The summed E-state index contributed by atoms with van der Waals surface area (Å²) < 4.78 is 16.3. The molecular weight excluding hydrogens is 316 g/mol. The van der Waals surface area contributed by atoms with Crippen LogP contribution in [-0.4, -0.2) is 37.4 Å². The van der Waals surface area contributed by atoms with E-state index in [9.17, 15) is 0 Å². The Morgan fingerprint density at radius 2 is 1.72 bits per heavy atom. The molecule has 0 atom stereocenters. The van der Waals surface area contributed by atoms with Crippen LogP contribution in [0.4, 0.5) is 0 Å². The highest BCUT2D eigenvalue weighted by molar-refractivity contribution is 5.58. The maximum atomic E-state index is 5.74. The van der Waals surface area contributed by atoms with Crippen molar-refractivity contribution in [1.82, 2.24) is 10.1 Å². The van der Waals surface area contributed by atoms with Gasteiger partial charge in [-0.25, -0.2) is 0 Å². The zero-order valence-electron chi connectivity index (χ0n) is 14.5. The maximum Gasteiger partial charge on any atom is 0.151 e. The summed E-state index contributed by atoms with van der Waals surface area (Å²) >= 11 is 0. The van der Waals surface area contributed by atoms with Gasteiger partial charge < -0.3 is 14.0 Å². The molecule has 0 aliphatic heterocycles. The lowest BCUT2D eigenvalue weighted by molar-refractivity contribution is 0.215. The van der Waals surface area contributed by atoms with Crippen molar-refractivity contribution in [3.8, 4) is 22.8 Å². The fourth-order valence-electron chi connectivity index (χ4n) is 2.47. The lowest BCUT2D eigenvalue weighted by Gasteiger charge is -2.15. The van der Waals surface area contributed by atoms with Gasteiger partial charge in [0.15, 0.2) is 5.76 Å². The molecular formula is C20H22N2O3. The third-order valence-corrected chi connectivity index (χ3v) is 3.86. The predicted octanol–water partition coefficient (Wildman–Crippen LogP) is 3.86. The molecule has 0 N–H and O–H groups in total. The van der Waals surface area contributed by atoms with Gasteiger partial charge in [0.25, 0.3) is 0 Å². The zero-order valence-corrected chi connectivity index (χ0v) is 14.5. The standard InChI is InChI=1S/C20H22N2O3/c1-22(12-13-24-18-10-8-17(23-2)9-11-18)15-19-14-20(21-25-19)16-6-4-3-5-7-16/h3-11,14H,12-13,15H2,1-2H3. The molecule has 0 unspecified atom stereocenters. The van der Waals surface area contributed by atoms with Crippen LogP contribution < -0.4 is 9.47 Å². The van der Waals surface area contributed by atoms with Gasteiger partial charge in [-0.2, -0.15) is 0 Å². The summed E-state index contributed by atoms with van der Waals surface area (Å²) in [5, 5.41) is 4.14. The van der Waals surface area contributed by atoms with Crippen LogP contribution in [0.15, 0.2) is 65.2 Å². The molecule has 0 spiro atoms. The molecule has 0 saturated heterocycles. The van der Waals surface area contributed by atoms with Crippen molar-refractivity contribution in [3.63, 3.8) is 0 Å². The van der Waals surface area contributed by atoms with E-state index in [1.165, 1.54) is 0 Å². The second-order valence-electron chi connectivity index (χ2n) is 5.81. The van der Waals surface area contributed by atoms with E-state index < -0.39 is 0 Å². The first-order chi connectivity index (χ1) is 12.2. The molecule has 5 heteroatoms. The van der Waals surface area contributed by atoms with E-state index in [0.29, 0.717) is 13.2 Å². The van der Waals surface area contributed by atoms with Crippen molar-refractivity contribution >= 4 is 0 Å². The van der Waals surface area contributed by atoms with E-state index >= 15 is 0 Å². The fraction of sp³-hybridized carbons (Fsp3) is 0.250. The molecule has 3 rings (SSSR count). The Morgan fingerprint density at radius 3 is 2.44 bits per heavy atom. The van der Waals surface area contributed by atoms with Crippen molar-refractivity contribution in [2.75, 3.05) is 27.3 Å². The molecule has 5 nitrogen and oxygen atoms in total. The Labute approximate surface area is 147 Å². The summed E-state index contributed by atoms with van der Waals surface area (Å²) in [6.07, 6.45) is 0. The van der Waals surface area contributed by atoms with Crippen LogP contribution in [0.3, 0.4) is 0 Å². The second-order valence-corrected chi connectivity index (χ2v) is 5.81. The van der Waals surface area contributed by atoms with Gasteiger partial charge in [-0.15, -0.1) is 0 Å². The average Bonchev–Trinajstić information content (AvgIpc) is 3.11. The molecule has 2 aromatic carbocycles. The highest BCUT2D eigenvalue weighted by Gasteiger charge is 2.09. The topological polar surface area (TPSA) is 47.7 Å². The van der Waals surface area contributed by atoms with Gasteiger partial charge in [0, 0.05) is 18.2 Å². The van der Waals surface area contributed by atoms with Gasteiger partial charge in [-0.1, -0.05) is 35.5 Å². The molecule has 0 fully saturated rings. The Morgan fingerprint density at radius 1 is 1.00 bits per heavy atom. The van der Waals surface area contributed by atoms with Gasteiger partial charge >= 0.3 is 0 Å². The van der Waals surface area contributed by atoms with Gasteiger partial charge in [0.2, 0.25) is 0 Å². The summed E-state index contributed by atoms with van der Waals surface area (Å²) in [5.74, 6) is 2.50. The maximum absolute atomic E-state index is 5.74. The van der Waals surface area contributed by atoms with Gasteiger partial charge in [0.1, 0.15) is 23.8 Å². The minimum atomic E-state index is 0.600. The molecule has 0 saturated carbocycles. The monoisotopic (exact) mass is 338 g/mol. The summed E-state index contributed by atoms with van der Waals surface area (Å²) in [6.45, 7) is 2.07. The molecule has 130 valence electrons. The third-order valence-electron chi connectivity index (χ3n) is 3.86. The molecule has 0 amide bonds. The second kappa shape index (κ2) is 8.35. The highest BCUT2D eigenvalue weighted by atomic mass is 16.5. The predicted molar refractivity (Wildman–Crippen MR) is 96.8 cm³/mol. The number of hydrogen-bond donors (Lipinski definition) is 0. The first kappa shape index (κ1) is 17.0. The first-order valence-corrected chi connectivity index (χ1v) is 8.21. The van der Waals surface area contributed by atoms with Crippen LogP contribution >= 0.6 is 0 Å². The van der Waals surface area contributed by atoms with Crippen molar-refractivity contribution in [2.45, 2.75) is 6.54 Å². The van der Waals surface area contributed by atoms with Crippen LogP contribution in [0, 0.1) is 0 Å². The van der Waals surface area contributed by atoms with Crippen LogP contribution in [0.5, 0.6) is 11.5 Å². The Balaban J connectivity index is 1.46. The smallest absolute Gasteiger partial charge is 0.151 e. The number of nitrogens with zero attached hydrogens (tertiary/aromatic N) is 2. The molecule has 0 aliphatic rings. The quantitative estimate of drug-likeness (QED) is 0.624. The highest BCUT2D eigenvalue weighted by Crippen LogP contribution is 2.19. The minimum absolute atomic E-state index is 0.600. The Hall–Kier alpha value is -2.79. The Kier molecular flexibility index (Phi) is 5.69. The number of benzene rings is 2. The summed E-state index contributed by atoms with van der Waals surface area (Å²) in [5.41, 5.74) is 1.92. The zero-order chi connectivity index (χ0) is 17.5. The van der Waals surface area contributed by atoms with Crippen molar-refractivity contribution < 1.29 is 14.0 Å². The summed E-state index contributed by atoms with van der Waals surface area (Å²) in [4.78, 5) is 2.14. The van der Waals surface area contributed by atoms with E-state index in [1.54, 1.807) is 7.11 Å². The largest absolute Gasteiger partial charge is 0.497 e. The molecule has 0 aliphatic carbocycles. The number of ether oxygens (including phenoxy) is 2. The Bertz CT molecular complexity index is 769. The number of likely N-dealkylation sites (N-methyl/N-ethyl adjacent to an activating group) is 1. The van der Waals surface area contributed by atoms with Crippen molar-refractivity contribution in [3.05, 3.63) is 66.4 Å². The van der Waals surface area contributed by atoms with Gasteiger partial charge in [0.05, 0.1) is 13.7 Å². The van der Waals surface area contributed by atoms with E-state index in [1.807, 2.05) is 67.7 Å². The third kappa shape index (κ3) is 4.84. The molecule has 0 bridgehead atoms. The molecule has 3 aromatic rings. The van der Waals surface area contributed by atoms with Crippen molar-refractivity contribution in [2.24, 2.45) is 0 Å². The summed E-state index contributed by atoms with van der Waals surface area (Å²) in [6, 6.07) is 19.6. The minimum Gasteiger partial charge on any atom is -0.497 e. The molecule has 25 heavy (non-hydrogen) atoms. The molecule has 1 aromatic heterocycles. The molecule has 0 radical (unpaired) electrons.